The molecule has 0 saturated carbocycles. The third kappa shape index (κ3) is 3.59. The first-order valence-electron chi connectivity index (χ1n) is 7.50. The van der Waals surface area contributed by atoms with Gasteiger partial charge in [-0.25, -0.2) is 4.57 Å². The van der Waals surface area contributed by atoms with Crippen molar-refractivity contribution >= 4 is 42.0 Å². The number of nitrogens with two attached hydrogens (primary N) is 2. The molecule has 0 aliphatic carbocycles. The smallest absolute Gasteiger partial charge is 0.249 e. The number of fused-ring (bicyclic) bond motifs is 1. The lowest BCUT2D eigenvalue weighted by Crippen LogP contribution is -2.69. The van der Waals surface area contributed by atoms with E-state index in [1.165, 1.54) is 16.7 Å². The van der Waals surface area contributed by atoms with E-state index in [-0.39, 0.29) is 23.5 Å². The summed E-state index contributed by atoms with van der Waals surface area (Å²) in [6.07, 6.45) is 6.83. The number of rotatable bonds is 5. The molecule has 4 N–H and O–H groups in total. The Morgan fingerprint density at radius 1 is 1.38 bits per heavy atom. The van der Waals surface area contributed by atoms with Gasteiger partial charge in [-0.1, -0.05) is 6.08 Å². The summed E-state index contributed by atoms with van der Waals surface area (Å²) in [6.45, 7) is 0.463. The van der Waals surface area contributed by atoms with Crippen LogP contribution in [0.3, 0.4) is 0 Å². The predicted molar refractivity (Wildman–Crippen MR) is 94.6 cm³/mol. The molecule has 1 aromatic heterocycles. The third-order valence-corrected chi connectivity index (χ3v) is 5.37. The summed E-state index contributed by atoms with van der Waals surface area (Å²) in [7, 11) is 0. The zero-order valence-corrected chi connectivity index (χ0v) is 15.2. The van der Waals surface area contributed by atoms with Crippen LogP contribution in [0.15, 0.2) is 47.9 Å². The van der Waals surface area contributed by atoms with Gasteiger partial charge in [0.05, 0.1) is 17.2 Å². The van der Waals surface area contributed by atoms with Gasteiger partial charge in [0.1, 0.15) is 11.4 Å². The summed E-state index contributed by atoms with van der Waals surface area (Å²) in [5, 5.41) is 11.1. The number of primary amides is 1. The van der Waals surface area contributed by atoms with E-state index in [4.69, 9.17) is 11.5 Å². The molecule has 3 heterocycles. The molecular formula is C16H17ClN4O4S. The predicted octanol–water partition coefficient (Wildman–Crippen LogP) is -1.70. The number of hydrogen-bond acceptors (Lipinski definition) is 6. The van der Waals surface area contributed by atoms with E-state index >= 15 is 0 Å². The highest BCUT2D eigenvalue weighted by atomic mass is 35.5. The van der Waals surface area contributed by atoms with E-state index < -0.39 is 23.8 Å². The SMILES string of the molecule is Cl.NC(=O)c1cc[n+](CC=CC2=C(C(=O)[O-])N3C(=O)C(N)[C@H]3SC2)cc1. The lowest BCUT2D eigenvalue weighted by Gasteiger charge is -2.49. The molecular weight excluding hydrogens is 380 g/mol. The summed E-state index contributed by atoms with van der Waals surface area (Å²) in [6, 6.07) is 2.54. The van der Waals surface area contributed by atoms with E-state index in [2.05, 4.69) is 0 Å². The number of carbonyl (C=O) groups is 3. The maximum absolute atomic E-state index is 11.8. The van der Waals surface area contributed by atoms with Crippen molar-refractivity contribution < 1.29 is 24.1 Å². The van der Waals surface area contributed by atoms with Gasteiger partial charge in [0.25, 0.3) is 0 Å². The lowest BCUT2D eigenvalue weighted by molar-refractivity contribution is -0.687. The molecule has 0 radical (unpaired) electrons. The Kier molecular flexibility index (Phi) is 6.06. The van der Waals surface area contributed by atoms with E-state index in [9.17, 15) is 19.5 Å². The van der Waals surface area contributed by atoms with Gasteiger partial charge in [-0.05, 0) is 11.6 Å². The third-order valence-electron chi connectivity index (χ3n) is 4.04. The van der Waals surface area contributed by atoms with Crippen molar-refractivity contribution in [3.8, 4) is 0 Å². The molecule has 26 heavy (non-hydrogen) atoms. The summed E-state index contributed by atoms with van der Waals surface area (Å²) >= 11 is 1.43. The summed E-state index contributed by atoms with van der Waals surface area (Å²) in [4.78, 5) is 35.5. The average Bonchev–Trinajstić information content (AvgIpc) is 2.60. The summed E-state index contributed by atoms with van der Waals surface area (Å²) < 4.78 is 1.80. The zero-order valence-electron chi connectivity index (χ0n) is 13.5. The Morgan fingerprint density at radius 2 is 2.04 bits per heavy atom. The molecule has 2 aliphatic heterocycles. The highest BCUT2D eigenvalue weighted by molar-refractivity contribution is 8.00. The van der Waals surface area contributed by atoms with Gasteiger partial charge in [-0.15, -0.1) is 24.2 Å². The Morgan fingerprint density at radius 3 is 2.62 bits per heavy atom. The minimum atomic E-state index is -1.39. The molecule has 8 nitrogen and oxygen atoms in total. The number of amides is 2. The van der Waals surface area contributed by atoms with E-state index in [1.54, 1.807) is 41.2 Å². The van der Waals surface area contributed by atoms with Gasteiger partial charge in [0.2, 0.25) is 11.8 Å². The Balaban J connectivity index is 0.00000243. The Bertz CT molecular complexity index is 809. The van der Waals surface area contributed by atoms with Crippen LogP contribution in [0, 0.1) is 0 Å². The highest BCUT2D eigenvalue weighted by Gasteiger charge is 2.49. The second-order valence-electron chi connectivity index (χ2n) is 5.65. The lowest BCUT2D eigenvalue weighted by atomic mass is 10.0. The molecule has 1 aromatic rings. The van der Waals surface area contributed by atoms with Crippen LogP contribution in [0.4, 0.5) is 0 Å². The fourth-order valence-electron chi connectivity index (χ4n) is 2.72. The van der Waals surface area contributed by atoms with Crippen LogP contribution in [-0.4, -0.2) is 39.9 Å². The number of carbonyl (C=O) groups excluding carboxylic acids is 3. The molecule has 1 saturated heterocycles. The first kappa shape index (κ1) is 20.0. The number of carboxylic acids is 1. The number of allylic oxidation sites excluding steroid dienone is 2. The molecule has 1 fully saturated rings. The van der Waals surface area contributed by atoms with E-state index in [0.29, 0.717) is 23.4 Å². The number of carboxylic acid groups (broad SMARTS) is 1. The largest absolute Gasteiger partial charge is 0.543 e. The van der Waals surface area contributed by atoms with Gasteiger partial charge in [0, 0.05) is 17.9 Å². The first-order valence-corrected chi connectivity index (χ1v) is 8.55. The normalized spacial score (nSPS) is 21.9. The van der Waals surface area contributed by atoms with E-state index in [0.717, 1.165) is 0 Å². The fraction of sp³-hybridized carbons (Fsp3) is 0.250. The number of aliphatic carboxylic acids is 1. The number of aromatic nitrogens is 1. The van der Waals surface area contributed by atoms with Crippen LogP contribution in [-0.2, 0) is 16.1 Å². The molecule has 1 unspecified atom stereocenters. The van der Waals surface area contributed by atoms with Gasteiger partial charge >= 0.3 is 0 Å². The van der Waals surface area contributed by atoms with Crippen LogP contribution in [0.1, 0.15) is 10.4 Å². The maximum atomic E-state index is 11.8. The molecule has 2 amide bonds. The van der Waals surface area contributed by atoms with Crippen molar-refractivity contribution in [2.75, 3.05) is 5.75 Å². The molecule has 10 heteroatoms. The molecule has 2 atom stereocenters. The van der Waals surface area contributed by atoms with Crippen LogP contribution in [0.25, 0.3) is 0 Å². The summed E-state index contributed by atoms with van der Waals surface area (Å²) in [5.74, 6) is -1.85. The fourth-order valence-corrected chi connectivity index (χ4v) is 3.98. The minimum absolute atomic E-state index is 0. The van der Waals surface area contributed by atoms with Crippen LogP contribution in [0.5, 0.6) is 0 Å². The molecule has 3 rings (SSSR count). The zero-order chi connectivity index (χ0) is 18.1. The van der Waals surface area contributed by atoms with Crippen molar-refractivity contribution in [2.24, 2.45) is 11.5 Å². The van der Waals surface area contributed by atoms with Gasteiger partial charge in [-0.2, -0.15) is 0 Å². The number of nitrogens with zero attached hydrogens (tertiary/aromatic N) is 2. The number of halogens is 1. The average molecular weight is 397 g/mol. The van der Waals surface area contributed by atoms with Crippen molar-refractivity contribution in [1.29, 1.82) is 0 Å². The van der Waals surface area contributed by atoms with Crippen molar-refractivity contribution in [1.82, 2.24) is 4.90 Å². The van der Waals surface area contributed by atoms with E-state index in [1.807, 2.05) is 0 Å². The molecule has 0 spiro atoms. The molecule has 138 valence electrons. The standard InChI is InChI=1S/C16H16N4O4S.ClH/c17-11-14(22)20-12(16(23)24)10(8-25-15(11)20)2-1-5-19-6-3-9(4-7-19)13(18)21;/h1-4,6-7,11,15H,5,8,17H2,(H2-,18,21,23,24);1H/t11?,15-;/m1./s1. The second kappa shape index (κ2) is 7.90. The maximum Gasteiger partial charge on any atom is 0.249 e. The van der Waals surface area contributed by atoms with Gasteiger partial charge in [-0.3, -0.25) is 14.5 Å². The first-order chi connectivity index (χ1) is 11.9. The summed E-state index contributed by atoms with van der Waals surface area (Å²) in [5.41, 5.74) is 11.7. The Hall–Kier alpha value is -2.36. The van der Waals surface area contributed by atoms with Gasteiger partial charge in [0.15, 0.2) is 18.9 Å². The highest BCUT2D eigenvalue weighted by Crippen LogP contribution is 2.39. The van der Waals surface area contributed by atoms with Crippen LogP contribution in [0.2, 0.25) is 0 Å². The second-order valence-corrected chi connectivity index (χ2v) is 6.75. The number of thioether (sulfide) groups is 1. The van der Waals surface area contributed by atoms with Gasteiger partial charge < -0.3 is 21.4 Å². The minimum Gasteiger partial charge on any atom is -0.543 e. The molecule has 0 bridgehead atoms. The number of hydrogen-bond donors (Lipinski definition) is 2. The molecule has 0 aromatic carbocycles. The van der Waals surface area contributed by atoms with Crippen molar-refractivity contribution in [3.63, 3.8) is 0 Å². The molecule has 2 aliphatic rings. The number of pyridine rings is 1. The Labute approximate surface area is 159 Å². The van der Waals surface area contributed by atoms with Crippen LogP contribution < -0.4 is 21.1 Å². The van der Waals surface area contributed by atoms with Crippen LogP contribution >= 0.6 is 24.2 Å². The monoisotopic (exact) mass is 396 g/mol. The van der Waals surface area contributed by atoms with Crippen molar-refractivity contribution in [3.05, 3.63) is 53.5 Å². The topological polar surface area (TPSA) is 133 Å². The van der Waals surface area contributed by atoms with Crippen molar-refractivity contribution in [2.45, 2.75) is 18.0 Å². The number of β-lactam (4-membered cyclic amide) rings is 1. The quantitative estimate of drug-likeness (QED) is 0.450.